The average Bonchev–Trinajstić information content (AvgIpc) is 3.07. The van der Waals surface area contributed by atoms with E-state index in [-0.39, 0.29) is 0 Å². The summed E-state index contributed by atoms with van der Waals surface area (Å²) in [5, 5.41) is 0. The highest BCUT2D eigenvalue weighted by Gasteiger charge is 2.72. The third-order valence-electron chi connectivity index (χ3n) is 3.92. The molecule has 0 aliphatic carbocycles. The lowest BCUT2D eigenvalue weighted by Crippen LogP contribution is -2.47. The van der Waals surface area contributed by atoms with E-state index in [1.807, 2.05) is 0 Å². The monoisotopic (exact) mass is 300 g/mol. The lowest BCUT2D eigenvalue weighted by atomic mass is 9.78. The molecule has 6 atom stereocenters. The van der Waals surface area contributed by atoms with Gasteiger partial charge in [0, 0.05) is 6.08 Å². The van der Waals surface area contributed by atoms with Gasteiger partial charge in [0.15, 0.2) is 12.2 Å². The molecule has 21 heavy (non-hydrogen) atoms. The molecule has 3 fully saturated rings. The lowest BCUT2D eigenvalue weighted by molar-refractivity contribution is -0.160. The summed E-state index contributed by atoms with van der Waals surface area (Å²) >= 11 is 0. The average molecular weight is 300 g/mol. The molecule has 2 bridgehead atoms. The van der Waals surface area contributed by atoms with Gasteiger partial charge in [-0.25, -0.2) is 9.18 Å². The van der Waals surface area contributed by atoms with Gasteiger partial charge in [-0.2, -0.15) is 0 Å². The third-order valence-corrected chi connectivity index (χ3v) is 3.92. The quantitative estimate of drug-likeness (QED) is 0.385. The molecule has 8 heteroatoms. The molecule has 3 saturated heterocycles. The first-order chi connectivity index (χ1) is 10.1. The molecule has 0 aromatic heterocycles. The van der Waals surface area contributed by atoms with Gasteiger partial charge in [0.2, 0.25) is 0 Å². The summed E-state index contributed by atoms with van der Waals surface area (Å²) in [6.07, 6.45) is -2.11. The normalized spacial score (nSPS) is 39.0. The van der Waals surface area contributed by atoms with E-state index in [0.29, 0.717) is 0 Å². The van der Waals surface area contributed by atoms with E-state index < -0.39 is 67.4 Å². The van der Waals surface area contributed by atoms with Crippen LogP contribution < -0.4 is 0 Å². The third kappa shape index (κ3) is 2.01. The summed E-state index contributed by atoms with van der Waals surface area (Å²) in [6.45, 7) is 2.07. The summed E-state index contributed by atoms with van der Waals surface area (Å²) in [5.41, 5.74) is 0. The minimum absolute atomic E-state index is 0.394. The standard InChI is InChI=1S/C13H13FO7/c1-2-5(15)19-10-8-6(12(16)18-4-3-14)7-9(20-8)11(10)21-13(7)17/h2,6-11H,1,3-4H2. The van der Waals surface area contributed by atoms with Crippen molar-refractivity contribution >= 4 is 17.9 Å². The van der Waals surface area contributed by atoms with Crippen molar-refractivity contribution in [3.05, 3.63) is 12.7 Å². The van der Waals surface area contributed by atoms with Gasteiger partial charge >= 0.3 is 17.9 Å². The Kier molecular flexibility index (Phi) is 3.40. The number of ether oxygens (including phenoxy) is 4. The maximum absolute atomic E-state index is 12.1. The topological polar surface area (TPSA) is 88.1 Å². The Morgan fingerprint density at radius 2 is 2.10 bits per heavy atom. The SMILES string of the molecule is C=CC(=O)OC1C2OC(=O)C3C2OC1C3C(=O)OCCF. The van der Waals surface area contributed by atoms with Gasteiger partial charge in [0.25, 0.3) is 0 Å². The minimum atomic E-state index is -0.949. The molecule has 3 heterocycles. The van der Waals surface area contributed by atoms with Crippen LogP contribution in [0.5, 0.6) is 0 Å². The molecular formula is C13H13FO7. The van der Waals surface area contributed by atoms with Crippen molar-refractivity contribution in [3.63, 3.8) is 0 Å². The van der Waals surface area contributed by atoms with Crippen molar-refractivity contribution in [3.8, 4) is 0 Å². The highest BCUT2D eigenvalue weighted by Crippen LogP contribution is 2.51. The number of alkyl halides is 1. The van der Waals surface area contributed by atoms with Crippen LogP contribution in [0.2, 0.25) is 0 Å². The van der Waals surface area contributed by atoms with Crippen LogP contribution >= 0.6 is 0 Å². The van der Waals surface area contributed by atoms with E-state index in [9.17, 15) is 18.8 Å². The molecule has 0 spiro atoms. The number of carbonyl (C=O) groups is 3. The molecule has 0 N–H and O–H groups in total. The van der Waals surface area contributed by atoms with Crippen LogP contribution in [0.15, 0.2) is 12.7 Å². The number of carbonyl (C=O) groups excluding carboxylic acids is 3. The fourth-order valence-corrected chi connectivity index (χ4v) is 3.16. The van der Waals surface area contributed by atoms with Gasteiger partial charge in [0.1, 0.15) is 37.3 Å². The summed E-state index contributed by atoms with van der Waals surface area (Å²) in [7, 11) is 0. The van der Waals surface area contributed by atoms with Crippen molar-refractivity contribution in [2.24, 2.45) is 11.8 Å². The van der Waals surface area contributed by atoms with Crippen LogP contribution in [0.25, 0.3) is 0 Å². The smallest absolute Gasteiger partial charge is 0.330 e. The number of halogens is 1. The van der Waals surface area contributed by atoms with E-state index in [4.69, 9.17) is 18.9 Å². The highest BCUT2D eigenvalue weighted by molar-refractivity contribution is 5.87. The Hall–Kier alpha value is -1.96. The predicted molar refractivity (Wildman–Crippen MR) is 62.5 cm³/mol. The second-order valence-electron chi connectivity index (χ2n) is 4.98. The fraction of sp³-hybridized carbons (Fsp3) is 0.615. The predicted octanol–water partition coefficient (Wildman–Crippen LogP) is -0.464. The zero-order chi connectivity index (χ0) is 15.1. The zero-order valence-corrected chi connectivity index (χ0v) is 10.9. The van der Waals surface area contributed by atoms with E-state index in [0.717, 1.165) is 6.08 Å². The minimum Gasteiger partial charge on any atom is -0.463 e. The van der Waals surface area contributed by atoms with Crippen LogP contribution in [0.3, 0.4) is 0 Å². The van der Waals surface area contributed by atoms with E-state index >= 15 is 0 Å². The van der Waals surface area contributed by atoms with Crippen LogP contribution in [0, 0.1) is 11.8 Å². The Bertz CT molecular complexity index is 505. The molecule has 0 radical (unpaired) electrons. The molecule has 0 aromatic carbocycles. The van der Waals surface area contributed by atoms with E-state index in [2.05, 4.69) is 6.58 Å². The number of hydrogen-bond donors (Lipinski definition) is 0. The van der Waals surface area contributed by atoms with E-state index in [1.165, 1.54) is 0 Å². The number of fused-ring (bicyclic) bond motifs is 1. The molecule has 3 rings (SSSR count). The zero-order valence-electron chi connectivity index (χ0n) is 10.9. The number of hydrogen-bond acceptors (Lipinski definition) is 7. The van der Waals surface area contributed by atoms with Gasteiger partial charge < -0.3 is 18.9 Å². The Morgan fingerprint density at radius 3 is 2.76 bits per heavy atom. The first kappa shape index (κ1) is 14.0. The Balaban J connectivity index is 1.82. The van der Waals surface area contributed by atoms with Crippen LogP contribution in [0.1, 0.15) is 0 Å². The number of rotatable bonds is 5. The maximum Gasteiger partial charge on any atom is 0.330 e. The number of esters is 3. The molecule has 7 nitrogen and oxygen atoms in total. The van der Waals surface area contributed by atoms with Crippen molar-refractivity contribution in [2.75, 3.05) is 13.3 Å². The second kappa shape index (κ2) is 5.10. The summed E-state index contributed by atoms with van der Waals surface area (Å²) in [5.74, 6) is -3.78. The molecular weight excluding hydrogens is 287 g/mol. The first-order valence-electron chi connectivity index (χ1n) is 6.50. The van der Waals surface area contributed by atoms with Crippen molar-refractivity contribution in [2.45, 2.75) is 24.4 Å². The van der Waals surface area contributed by atoms with Gasteiger partial charge in [-0.15, -0.1) is 0 Å². The summed E-state index contributed by atoms with van der Waals surface area (Å²) in [6, 6.07) is 0. The van der Waals surface area contributed by atoms with Crippen molar-refractivity contribution in [1.82, 2.24) is 0 Å². The van der Waals surface area contributed by atoms with E-state index in [1.54, 1.807) is 0 Å². The highest BCUT2D eigenvalue weighted by atomic mass is 19.1. The molecule has 0 amide bonds. The second-order valence-corrected chi connectivity index (χ2v) is 4.98. The Morgan fingerprint density at radius 1 is 1.33 bits per heavy atom. The molecule has 3 aliphatic rings. The van der Waals surface area contributed by atoms with Gasteiger partial charge in [-0.1, -0.05) is 6.58 Å². The molecule has 3 aliphatic heterocycles. The van der Waals surface area contributed by atoms with Crippen LogP contribution in [-0.4, -0.2) is 55.6 Å². The van der Waals surface area contributed by atoms with Crippen molar-refractivity contribution < 1.29 is 37.7 Å². The maximum atomic E-state index is 12.1. The van der Waals surface area contributed by atoms with Crippen molar-refractivity contribution in [1.29, 1.82) is 0 Å². The summed E-state index contributed by atoms with van der Waals surface area (Å²) < 4.78 is 32.6. The van der Waals surface area contributed by atoms with Crippen LogP contribution in [0.4, 0.5) is 4.39 Å². The molecule has 0 aromatic rings. The summed E-state index contributed by atoms with van der Waals surface area (Å²) in [4.78, 5) is 35.2. The molecule has 6 unspecified atom stereocenters. The molecule has 114 valence electrons. The molecule has 0 saturated carbocycles. The fourth-order valence-electron chi connectivity index (χ4n) is 3.16. The lowest BCUT2D eigenvalue weighted by Gasteiger charge is -2.26. The Labute approximate surface area is 119 Å². The van der Waals surface area contributed by atoms with Crippen LogP contribution in [-0.2, 0) is 33.3 Å². The largest absolute Gasteiger partial charge is 0.463 e. The first-order valence-corrected chi connectivity index (χ1v) is 6.50. The van der Waals surface area contributed by atoms with Gasteiger partial charge in [-0.3, -0.25) is 9.59 Å². The van der Waals surface area contributed by atoms with Gasteiger partial charge in [-0.05, 0) is 0 Å². The van der Waals surface area contributed by atoms with Gasteiger partial charge in [0.05, 0.1) is 0 Å².